The van der Waals surface area contributed by atoms with Gasteiger partial charge in [0.1, 0.15) is 28.6 Å². The van der Waals surface area contributed by atoms with Crippen molar-refractivity contribution >= 4 is 35.1 Å². The minimum absolute atomic E-state index is 0.149. The Morgan fingerprint density at radius 3 is 2.67 bits per heavy atom. The Bertz CT molecular complexity index is 1380. The van der Waals surface area contributed by atoms with Crippen molar-refractivity contribution in [1.29, 1.82) is 0 Å². The van der Waals surface area contributed by atoms with E-state index in [1.54, 1.807) is 33.9 Å². The predicted molar refractivity (Wildman–Crippen MR) is 146 cm³/mol. The molecule has 0 spiro atoms. The van der Waals surface area contributed by atoms with Gasteiger partial charge in [-0.25, -0.2) is 14.8 Å². The van der Waals surface area contributed by atoms with Crippen molar-refractivity contribution in [3.05, 3.63) is 41.7 Å². The Hall–Kier alpha value is -3.81. The first-order chi connectivity index (χ1) is 19.1. The molecular formula is C27H35N7O6. The van der Waals surface area contributed by atoms with E-state index >= 15 is 0 Å². The van der Waals surface area contributed by atoms with E-state index in [1.165, 1.54) is 15.6 Å². The fourth-order valence-corrected chi connectivity index (χ4v) is 4.61. The summed E-state index contributed by atoms with van der Waals surface area (Å²) in [6.07, 6.45) is 1.95. The number of pyridine rings is 1. The lowest BCUT2D eigenvalue weighted by Crippen LogP contribution is -2.42. The van der Waals surface area contributed by atoms with E-state index in [0.29, 0.717) is 24.1 Å². The largest absolute Gasteiger partial charge is 0.443 e. The maximum absolute atomic E-state index is 13.2. The van der Waals surface area contributed by atoms with Crippen LogP contribution < -0.4 is 15.5 Å². The second-order valence-electron chi connectivity index (χ2n) is 11.0. The van der Waals surface area contributed by atoms with Gasteiger partial charge in [-0.15, -0.1) is 0 Å². The molecule has 2 fully saturated rings. The van der Waals surface area contributed by atoms with Crippen molar-refractivity contribution in [3.63, 3.8) is 0 Å². The highest BCUT2D eigenvalue weighted by Crippen LogP contribution is 2.28. The van der Waals surface area contributed by atoms with Crippen LogP contribution in [0.4, 0.5) is 22.2 Å². The summed E-state index contributed by atoms with van der Waals surface area (Å²) in [5, 5.41) is 20.4. The summed E-state index contributed by atoms with van der Waals surface area (Å²) < 4.78 is 17.8. The van der Waals surface area contributed by atoms with Crippen molar-refractivity contribution in [2.45, 2.75) is 57.3 Å². The Kier molecular flexibility index (Phi) is 7.88. The quantitative estimate of drug-likeness (QED) is 0.415. The lowest BCUT2D eigenvalue weighted by molar-refractivity contribution is 0.0587. The van der Waals surface area contributed by atoms with Gasteiger partial charge in [0.05, 0.1) is 38.2 Å². The number of hydrogen-bond donors (Lipinski definition) is 3. The first-order valence-corrected chi connectivity index (χ1v) is 13.3. The van der Waals surface area contributed by atoms with Crippen LogP contribution in [0.1, 0.15) is 55.6 Å². The van der Waals surface area contributed by atoms with E-state index in [4.69, 9.17) is 19.2 Å². The highest BCUT2D eigenvalue weighted by atomic mass is 16.6. The third kappa shape index (κ3) is 6.16. The average molecular weight is 554 g/mol. The van der Waals surface area contributed by atoms with Crippen LogP contribution in [0.2, 0.25) is 0 Å². The number of hydrogen-bond acceptors (Lipinski definition) is 10. The first-order valence-electron chi connectivity index (χ1n) is 13.3. The van der Waals surface area contributed by atoms with Crippen LogP contribution in [0.5, 0.6) is 0 Å². The standard InChI is InChI=1S/C27H35N7O6/c1-27(2,3)40-26(37)33(4)23-11-22(31-21-9-5-8-18(29-21)16-7-6-10-38-13-16)32-24-17(12-28-34(23)24)25(36)30-19-14-39-15-20(19)35/h5,8-9,11-12,16,19-20,35H,6-7,10,13-15H2,1-4H3,(H,30,36)(H,29,31,32)/t16-,19?,20+/m0/s1. The summed E-state index contributed by atoms with van der Waals surface area (Å²) in [7, 11) is 1.56. The number of ether oxygens (including phenoxy) is 3. The van der Waals surface area contributed by atoms with E-state index < -0.39 is 29.7 Å². The number of rotatable bonds is 6. The number of carbonyl (C=O) groups excluding carboxylic acids is 2. The molecule has 214 valence electrons. The summed E-state index contributed by atoms with van der Waals surface area (Å²) in [6.45, 7) is 7.08. The van der Waals surface area contributed by atoms with Gasteiger partial charge in [0.2, 0.25) is 0 Å². The summed E-state index contributed by atoms with van der Waals surface area (Å²) in [6, 6.07) is 6.80. The molecule has 13 nitrogen and oxygen atoms in total. The molecule has 40 heavy (non-hydrogen) atoms. The highest BCUT2D eigenvalue weighted by Gasteiger charge is 2.30. The molecule has 2 saturated heterocycles. The van der Waals surface area contributed by atoms with Crippen molar-refractivity contribution in [1.82, 2.24) is 24.9 Å². The van der Waals surface area contributed by atoms with Gasteiger partial charge in [-0.05, 0) is 45.7 Å². The molecule has 2 amide bonds. The topological polar surface area (TPSA) is 152 Å². The normalized spacial score (nSPS) is 21.3. The maximum Gasteiger partial charge on any atom is 0.415 e. The summed E-state index contributed by atoms with van der Waals surface area (Å²) in [5.41, 5.74) is 0.574. The molecule has 2 aliphatic heterocycles. The molecular weight excluding hydrogens is 518 g/mol. The lowest BCUT2D eigenvalue weighted by atomic mass is 9.98. The van der Waals surface area contributed by atoms with Gasteiger partial charge in [-0.3, -0.25) is 9.69 Å². The molecule has 0 aromatic carbocycles. The highest BCUT2D eigenvalue weighted by molar-refractivity contribution is 6.00. The molecule has 0 bridgehead atoms. The molecule has 0 saturated carbocycles. The smallest absolute Gasteiger partial charge is 0.415 e. The van der Waals surface area contributed by atoms with Gasteiger partial charge < -0.3 is 30.0 Å². The number of aliphatic hydroxyl groups excluding tert-OH is 1. The third-order valence-corrected chi connectivity index (χ3v) is 6.68. The van der Waals surface area contributed by atoms with E-state index in [2.05, 4.69) is 20.7 Å². The molecule has 0 aliphatic carbocycles. The van der Waals surface area contributed by atoms with Gasteiger partial charge in [0.15, 0.2) is 5.65 Å². The zero-order chi connectivity index (χ0) is 28.4. The molecule has 3 aromatic rings. The van der Waals surface area contributed by atoms with Gasteiger partial charge in [0.25, 0.3) is 5.91 Å². The summed E-state index contributed by atoms with van der Waals surface area (Å²) in [5.74, 6) is 0.961. The van der Waals surface area contributed by atoms with Crippen molar-refractivity contribution in [3.8, 4) is 0 Å². The van der Waals surface area contributed by atoms with E-state index in [-0.39, 0.29) is 30.3 Å². The maximum atomic E-state index is 13.2. The zero-order valence-electron chi connectivity index (χ0n) is 23.1. The lowest BCUT2D eigenvalue weighted by Gasteiger charge is -2.25. The molecule has 5 rings (SSSR count). The Balaban J connectivity index is 1.50. The van der Waals surface area contributed by atoms with E-state index in [0.717, 1.165) is 25.1 Å². The molecule has 3 aromatic heterocycles. The van der Waals surface area contributed by atoms with Crippen LogP contribution >= 0.6 is 0 Å². The number of carbonyl (C=O) groups is 2. The molecule has 3 N–H and O–H groups in total. The fraction of sp³-hybridized carbons (Fsp3) is 0.519. The van der Waals surface area contributed by atoms with Crippen molar-refractivity contribution in [2.24, 2.45) is 0 Å². The molecule has 1 unspecified atom stereocenters. The Morgan fingerprint density at radius 2 is 1.98 bits per heavy atom. The Morgan fingerprint density at radius 1 is 1.15 bits per heavy atom. The van der Waals surface area contributed by atoms with Gasteiger partial charge in [0, 0.05) is 31.3 Å². The summed E-state index contributed by atoms with van der Waals surface area (Å²) >= 11 is 0. The fourth-order valence-electron chi connectivity index (χ4n) is 4.61. The second kappa shape index (κ2) is 11.4. The van der Waals surface area contributed by atoms with Crippen LogP contribution in [0.25, 0.3) is 5.65 Å². The van der Waals surface area contributed by atoms with Crippen molar-refractivity contribution in [2.75, 3.05) is 43.7 Å². The molecule has 2 aliphatic rings. The molecule has 5 heterocycles. The van der Waals surface area contributed by atoms with E-state index in [9.17, 15) is 14.7 Å². The van der Waals surface area contributed by atoms with Crippen LogP contribution in [0, 0.1) is 0 Å². The summed E-state index contributed by atoms with van der Waals surface area (Å²) in [4.78, 5) is 36.9. The zero-order valence-corrected chi connectivity index (χ0v) is 23.1. The molecule has 3 atom stereocenters. The number of anilines is 3. The number of nitrogens with zero attached hydrogens (tertiary/aromatic N) is 5. The number of fused-ring (bicyclic) bond motifs is 1. The van der Waals surface area contributed by atoms with Crippen LogP contribution in [-0.2, 0) is 14.2 Å². The number of nitrogens with one attached hydrogen (secondary N) is 2. The minimum Gasteiger partial charge on any atom is -0.443 e. The molecule has 13 heteroatoms. The minimum atomic E-state index is -0.808. The van der Waals surface area contributed by atoms with Crippen LogP contribution in [0.3, 0.4) is 0 Å². The van der Waals surface area contributed by atoms with Crippen LogP contribution in [-0.4, -0.2) is 87.9 Å². The first kappa shape index (κ1) is 27.7. The number of amides is 2. The third-order valence-electron chi connectivity index (χ3n) is 6.68. The van der Waals surface area contributed by atoms with Gasteiger partial charge in [-0.1, -0.05) is 6.07 Å². The van der Waals surface area contributed by atoms with Crippen LogP contribution in [0.15, 0.2) is 30.5 Å². The number of aromatic nitrogens is 4. The second-order valence-corrected chi connectivity index (χ2v) is 11.0. The van der Waals surface area contributed by atoms with E-state index in [1.807, 2.05) is 18.2 Å². The average Bonchev–Trinajstić information content (AvgIpc) is 3.53. The van der Waals surface area contributed by atoms with Crippen molar-refractivity contribution < 1.29 is 28.9 Å². The van der Waals surface area contributed by atoms with Gasteiger partial charge >= 0.3 is 6.09 Å². The van der Waals surface area contributed by atoms with Gasteiger partial charge in [-0.2, -0.15) is 9.61 Å². The number of aliphatic hydroxyl groups is 1. The monoisotopic (exact) mass is 553 g/mol. The predicted octanol–water partition coefficient (Wildman–Crippen LogP) is 2.62. The molecule has 0 radical (unpaired) electrons. The SMILES string of the molecule is CN(C(=O)OC(C)(C)C)c1cc(Nc2cccc([C@H]3CCCOC3)n2)nc2c(C(=O)NC3COC[C@H]3O)cnn12. The Labute approximate surface area is 231 Å².